The van der Waals surface area contributed by atoms with Gasteiger partial charge in [-0.15, -0.1) is 0 Å². The van der Waals surface area contributed by atoms with Gasteiger partial charge in [0.25, 0.3) is 5.91 Å². The van der Waals surface area contributed by atoms with Crippen LogP contribution in [-0.4, -0.2) is 10.9 Å². The molecule has 0 unspecified atom stereocenters. The molecule has 1 aromatic carbocycles. The minimum absolute atomic E-state index is 0.00460. The summed E-state index contributed by atoms with van der Waals surface area (Å²) in [5.74, 6) is -2.51. The molecule has 1 amide bonds. The van der Waals surface area contributed by atoms with Gasteiger partial charge < -0.3 is 5.32 Å². The highest BCUT2D eigenvalue weighted by molar-refractivity contribution is 5.94. The molecule has 3 nitrogen and oxygen atoms in total. The van der Waals surface area contributed by atoms with Gasteiger partial charge in [-0.1, -0.05) is 12.1 Å². The Bertz CT molecular complexity index is 641. The Kier molecular flexibility index (Phi) is 4.21. The number of carbonyl (C=O) groups excluding carboxylic acids is 1. The minimum Gasteiger partial charge on any atom is -0.346 e. The van der Waals surface area contributed by atoms with E-state index >= 15 is 0 Å². The third kappa shape index (κ3) is 3.56. The third-order valence-corrected chi connectivity index (χ3v) is 2.70. The lowest BCUT2D eigenvalue weighted by Crippen LogP contribution is -2.25. The highest BCUT2D eigenvalue weighted by atomic mass is 19.4. The Labute approximate surface area is 117 Å². The normalized spacial score (nSPS) is 11.2. The molecule has 0 atom stereocenters. The van der Waals surface area contributed by atoms with Gasteiger partial charge in [0, 0.05) is 6.20 Å². The predicted molar refractivity (Wildman–Crippen MR) is 66.8 cm³/mol. The fourth-order valence-corrected chi connectivity index (χ4v) is 1.70. The summed E-state index contributed by atoms with van der Waals surface area (Å²) in [5.41, 5.74) is -1.60. The molecule has 1 N–H and O–H groups in total. The van der Waals surface area contributed by atoms with Gasteiger partial charge in [-0.05, 0) is 24.3 Å². The van der Waals surface area contributed by atoms with E-state index < -0.39 is 29.0 Å². The number of alkyl halides is 3. The van der Waals surface area contributed by atoms with E-state index in [0.29, 0.717) is 11.8 Å². The first-order valence-electron chi connectivity index (χ1n) is 5.93. The second-order valence-electron chi connectivity index (χ2n) is 4.17. The van der Waals surface area contributed by atoms with Gasteiger partial charge in [0.05, 0.1) is 23.4 Å². The molecule has 7 heteroatoms. The number of hydrogen-bond donors (Lipinski definition) is 1. The molecule has 2 aromatic rings. The van der Waals surface area contributed by atoms with Crippen LogP contribution < -0.4 is 5.32 Å². The van der Waals surface area contributed by atoms with E-state index in [4.69, 9.17) is 0 Å². The van der Waals surface area contributed by atoms with Crippen LogP contribution in [-0.2, 0) is 12.7 Å². The number of rotatable bonds is 3. The Hall–Kier alpha value is -2.44. The number of aromatic nitrogens is 1. The molecule has 0 aliphatic carbocycles. The minimum atomic E-state index is -4.85. The first-order valence-corrected chi connectivity index (χ1v) is 5.93. The van der Waals surface area contributed by atoms with E-state index in [1.165, 1.54) is 6.20 Å². The highest BCUT2D eigenvalue weighted by Crippen LogP contribution is 2.32. The van der Waals surface area contributed by atoms with E-state index in [1.54, 1.807) is 18.2 Å². The van der Waals surface area contributed by atoms with E-state index in [9.17, 15) is 22.4 Å². The molecule has 0 aliphatic rings. The van der Waals surface area contributed by atoms with Crippen molar-refractivity contribution >= 4 is 5.91 Å². The van der Waals surface area contributed by atoms with Crippen LogP contribution in [0, 0.1) is 5.82 Å². The zero-order valence-electron chi connectivity index (χ0n) is 10.6. The molecule has 1 heterocycles. The maximum absolute atomic E-state index is 13.7. The summed E-state index contributed by atoms with van der Waals surface area (Å²) in [6, 6.07) is 7.57. The van der Waals surface area contributed by atoms with Crippen molar-refractivity contribution in [2.45, 2.75) is 12.7 Å². The van der Waals surface area contributed by atoms with E-state index in [-0.39, 0.29) is 6.54 Å². The van der Waals surface area contributed by atoms with Gasteiger partial charge >= 0.3 is 6.18 Å². The van der Waals surface area contributed by atoms with Crippen LogP contribution in [0.25, 0.3) is 0 Å². The molecule has 0 aliphatic heterocycles. The van der Waals surface area contributed by atoms with Gasteiger partial charge in [0.1, 0.15) is 5.82 Å². The summed E-state index contributed by atoms with van der Waals surface area (Å²) in [7, 11) is 0. The molecule has 0 saturated heterocycles. The number of benzene rings is 1. The van der Waals surface area contributed by atoms with E-state index in [2.05, 4.69) is 10.3 Å². The van der Waals surface area contributed by atoms with Crippen LogP contribution in [0.4, 0.5) is 17.6 Å². The number of pyridine rings is 1. The van der Waals surface area contributed by atoms with Crippen LogP contribution >= 0.6 is 0 Å². The fourth-order valence-electron chi connectivity index (χ4n) is 1.70. The molecule has 1 aromatic heterocycles. The molecular formula is C14H10F4N2O. The van der Waals surface area contributed by atoms with Crippen LogP contribution in [0.15, 0.2) is 42.6 Å². The summed E-state index contributed by atoms with van der Waals surface area (Å²) in [5, 5.41) is 2.33. The maximum Gasteiger partial charge on any atom is 0.419 e. The molecule has 0 radical (unpaired) electrons. The first kappa shape index (κ1) is 15.0. The number of amides is 1. The van der Waals surface area contributed by atoms with Gasteiger partial charge in [0.2, 0.25) is 0 Å². The van der Waals surface area contributed by atoms with Crippen molar-refractivity contribution in [3.05, 3.63) is 65.2 Å². The van der Waals surface area contributed by atoms with Gasteiger partial charge in [-0.3, -0.25) is 9.78 Å². The number of nitrogens with one attached hydrogen (secondary N) is 1. The van der Waals surface area contributed by atoms with Crippen molar-refractivity contribution in [2.24, 2.45) is 0 Å². The fraction of sp³-hybridized carbons (Fsp3) is 0.143. The molecule has 0 bridgehead atoms. The van der Waals surface area contributed by atoms with Crippen molar-refractivity contribution in [1.82, 2.24) is 10.3 Å². The zero-order chi connectivity index (χ0) is 15.5. The smallest absolute Gasteiger partial charge is 0.346 e. The average Bonchev–Trinajstić information content (AvgIpc) is 2.45. The van der Waals surface area contributed by atoms with Gasteiger partial charge in [0.15, 0.2) is 0 Å². The standard InChI is InChI=1S/C14H10F4N2O/c15-12-10(5-3-6-11(12)14(16,17)18)13(21)20-8-9-4-1-2-7-19-9/h1-7H,8H2,(H,20,21). The summed E-state index contributed by atoms with van der Waals surface area (Å²) in [4.78, 5) is 15.7. The molecule has 21 heavy (non-hydrogen) atoms. The van der Waals surface area contributed by atoms with Crippen molar-refractivity contribution < 1.29 is 22.4 Å². The lowest BCUT2D eigenvalue weighted by molar-refractivity contribution is -0.140. The molecule has 2 rings (SSSR count). The zero-order valence-corrected chi connectivity index (χ0v) is 10.6. The highest BCUT2D eigenvalue weighted by Gasteiger charge is 2.35. The number of carbonyl (C=O) groups is 1. The SMILES string of the molecule is O=C(NCc1ccccn1)c1cccc(C(F)(F)F)c1F. The quantitative estimate of drug-likeness (QED) is 0.884. The van der Waals surface area contributed by atoms with Crippen LogP contribution in [0.3, 0.4) is 0 Å². The Balaban J connectivity index is 2.17. The summed E-state index contributed by atoms with van der Waals surface area (Å²) in [6.45, 7) is -0.00460. The topological polar surface area (TPSA) is 42.0 Å². The Morgan fingerprint density at radius 1 is 1.14 bits per heavy atom. The van der Waals surface area contributed by atoms with E-state index in [1.807, 2.05) is 0 Å². The second-order valence-corrected chi connectivity index (χ2v) is 4.17. The molecular weight excluding hydrogens is 288 g/mol. The van der Waals surface area contributed by atoms with Crippen molar-refractivity contribution in [3.8, 4) is 0 Å². The predicted octanol–water partition coefficient (Wildman–Crippen LogP) is 3.17. The number of nitrogens with zero attached hydrogens (tertiary/aromatic N) is 1. The summed E-state index contributed by atoms with van der Waals surface area (Å²) in [6.07, 6.45) is -3.34. The van der Waals surface area contributed by atoms with Crippen molar-refractivity contribution in [2.75, 3.05) is 0 Å². The largest absolute Gasteiger partial charge is 0.419 e. The van der Waals surface area contributed by atoms with Gasteiger partial charge in [-0.2, -0.15) is 13.2 Å². The van der Waals surface area contributed by atoms with Crippen LogP contribution in [0.1, 0.15) is 21.6 Å². The Morgan fingerprint density at radius 2 is 1.90 bits per heavy atom. The first-order chi connectivity index (χ1) is 9.89. The maximum atomic E-state index is 13.7. The molecule has 0 spiro atoms. The van der Waals surface area contributed by atoms with Crippen LogP contribution in [0.2, 0.25) is 0 Å². The molecule has 0 fully saturated rings. The third-order valence-electron chi connectivity index (χ3n) is 2.70. The van der Waals surface area contributed by atoms with E-state index in [0.717, 1.165) is 12.1 Å². The number of halogens is 4. The molecule has 110 valence electrons. The van der Waals surface area contributed by atoms with Crippen molar-refractivity contribution in [1.29, 1.82) is 0 Å². The van der Waals surface area contributed by atoms with Crippen LogP contribution in [0.5, 0.6) is 0 Å². The lowest BCUT2D eigenvalue weighted by Gasteiger charge is -2.11. The number of hydrogen-bond acceptors (Lipinski definition) is 2. The Morgan fingerprint density at radius 3 is 2.52 bits per heavy atom. The monoisotopic (exact) mass is 298 g/mol. The summed E-state index contributed by atoms with van der Waals surface area (Å²) >= 11 is 0. The van der Waals surface area contributed by atoms with Crippen molar-refractivity contribution in [3.63, 3.8) is 0 Å². The average molecular weight is 298 g/mol. The molecule has 0 saturated carbocycles. The van der Waals surface area contributed by atoms with Gasteiger partial charge in [-0.25, -0.2) is 4.39 Å². The second kappa shape index (κ2) is 5.90. The summed E-state index contributed by atoms with van der Waals surface area (Å²) < 4.78 is 51.4. The lowest BCUT2D eigenvalue weighted by atomic mass is 10.1.